The van der Waals surface area contributed by atoms with E-state index < -0.39 is 0 Å². The molecule has 0 unspecified atom stereocenters. The van der Waals surface area contributed by atoms with Crippen molar-refractivity contribution < 1.29 is 0 Å². The molecule has 0 aliphatic heterocycles. The van der Waals surface area contributed by atoms with Crippen molar-refractivity contribution in [1.82, 2.24) is 14.8 Å². The maximum Gasteiger partial charge on any atom is 0.199 e. The number of H-pyrrole nitrogens is 1. The van der Waals surface area contributed by atoms with E-state index in [1.807, 2.05) is 22.8 Å². The maximum absolute atomic E-state index is 6.11. The van der Waals surface area contributed by atoms with Gasteiger partial charge in [-0.05, 0) is 53.1 Å². The van der Waals surface area contributed by atoms with Gasteiger partial charge in [0.25, 0.3) is 0 Å². The van der Waals surface area contributed by atoms with Crippen LogP contribution in [0, 0.1) is 4.77 Å². The van der Waals surface area contributed by atoms with Crippen LogP contribution >= 0.6 is 39.7 Å². The van der Waals surface area contributed by atoms with E-state index >= 15 is 0 Å². The van der Waals surface area contributed by atoms with Crippen molar-refractivity contribution in [2.24, 2.45) is 0 Å². The number of rotatable bonds is 2. The quantitative estimate of drug-likeness (QED) is 0.836. The molecule has 1 heterocycles. The van der Waals surface area contributed by atoms with Crippen LogP contribution in [0.4, 0.5) is 0 Å². The molecule has 1 aliphatic rings. The number of halogens is 2. The van der Waals surface area contributed by atoms with Gasteiger partial charge >= 0.3 is 0 Å². The van der Waals surface area contributed by atoms with Gasteiger partial charge in [-0.25, -0.2) is 0 Å². The number of nitrogens with one attached hydrogen (secondary N) is 1. The summed E-state index contributed by atoms with van der Waals surface area (Å²) in [6.45, 7) is 0. The molecule has 3 nitrogen and oxygen atoms in total. The third-order valence-corrected chi connectivity index (χ3v) is 4.46. The van der Waals surface area contributed by atoms with Crippen LogP contribution in [0.3, 0.4) is 0 Å². The van der Waals surface area contributed by atoms with E-state index in [1.54, 1.807) is 0 Å². The highest BCUT2D eigenvalue weighted by Gasteiger charge is 2.30. The first-order chi connectivity index (χ1) is 8.18. The van der Waals surface area contributed by atoms with E-state index in [0.717, 1.165) is 16.0 Å². The van der Waals surface area contributed by atoms with Crippen LogP contribution in [-0.2, 0) is 0 Å². The summed E-state index contributed by atoms with van der Waals surface area (Å²) in [5.74, 6) is 1.52. The molecule has 2 aromatic rings. The Morgan fingerprint density at radius 2 is 2.24 bits per heavy atom. The van der Waals surface area contributed by atoms with E-state index in [9.17, 15) is 0 Å². The van der Waals surface area contributed by atoms with Gasteiger partial charge in [-0.2, -0.15) is 5.10 Å². The van der Waals surface area contributed by atoms with Gasteiger partial charge in [-0.1, -0.05) is 17.7 Å². The molecule has 3 rings (SSSR count). The Balaban J connectivity index is 2.24. The first-order valence-corrected chi connectivity index (χ1v) is 6.88. The van der Waals surface area contributed by atoms with Crippen molar-refractivity contribution >= 4 is 39.7 Å². The second-order valence-corrected chi connectivity index (χ2v) is 5.66. The zero-order valence-electron chi connectivity index (χ0n) is 8.78. The molecule has 0 saturated heterocycles. The Morgan fingerprint density at radius 3 is 2.94 bits per heavy atom. The highest BCUT2D eigenvalue weighted by atomic mass is 79.9. The lowest BCUT2D eigenvalue weighted by molar-refractivity contribution is 0.866. The molecule has 1 N–H and O–H groups in total. The van der Waals surface area contributed by atoms with Crippen LogP contribution in [0.5, 0.6) is 0 Å². The molecule has 88 valence electrons. The zero-order valence-corrected chi connectivity index (χ0v) is 11.9. The lowest BCUT2D eigenvalue weighted by Gasteiger charge is -2.09. The van der Waals surface area contributed by atoms with Gasteiger partial charge in [0, 0.05) is 5.92 Å². The molecular weight excluding hydrogens is 322 g/mol. The van der Waals surface area contributed by atoms with Gasteiger partial charge in [0.05, 0.1) is 15.2 Å². The molecule has 1 aromatic heterocycles. The predicted octanol–water partition coefficient (Wildman–Crippen LogP) is 4.22. The topological polar surface area (TPSA) is 33.6 Å². The third kappa shape index (κ3) is 1.96. The first-order valence-electron chi connectivity index (χ1n) is 5.30. The predicted molar refractivity (Wildman–Crippen MR) is 73.4 cm³/mol. The van der Waals surface area contributed by atoms with Crippen LogP contribution in [0.15, 0.2) is 22.7 Å². The van der Waals surface area contributed by atoms with Crippen LogP contribution in [0.1, 0.15) is 24.6 Å². The fourth-order valence-electron chi connectivity index (χ4n) is 1.82. The van der Waals surface area contributed by atoms with Crippen molar-refractivity contribution in [2.75, 3.05) is 0 Å². The number of aromatic nitrogens is 3. The number of nitrogens with zero attached hydrogens (tertiary/aromatic N) is 2. The van der Waals surface area contributed by atoms with Crippen LogP contribution in [0.2, 0.25) is 5.02 Å². The Morgan fingerprint density at radius 1 is 1.47 bits per heavy atom. The largest absolute Gasteiger partial charge is 0.271 e. The summed E-state index contributed by atoms with van der Waals surface area (Å²) in [5.41, 5.74) is 0.943. The van der Waals surface area contributed by atoms with Crippen molar-refractivity contribution in [1.29, 1.82) is 0 Å². The molecule has 1 aliphatic carbocycles. The van der Waals surface area contributed by atoms with Gasteiger partial charge < -0.3 is 0 Å². The number of aromatic amines is 1. The van der Waals surface area contributed by atoms with Gasteiger partial charge in [0.15, 0.2) is 4.77 Å². The fraction of sp³-hybridized carbons (Fsp3) is 0.273. The third-order valence-electron chi connectivity index (χ3n) is 2.81. The minimum absolute atomic E-state index is 0.522. The van der Waals surface area contributed by atoms with E-state index in [0.29, 0.717) is 15.7 Å². The molecule has 0 radical (unpaired) electrons. The molecule has 1 saturated carbocycles. The molecule has 0 atom stereocenters. The van der Waals surface area contributed by atoms with Gasteiger partial charge in [-0.3, -0.25) is 9.67 Å². The summed E-state index contributed by atoms with van der Waals surface area (Å²) < 4.78 is 3.42. The zero-order chi connectivity index (χ0) is 12.0. The van der Waals surface area contributed by atoms with Gasteiger partial charge in [-0.15, -0.1) is 0 Å². The minimum atomic E-state index is 0.522. The molecule has 1 aromatic carbocycles. The normalized spacial score (nSPS) is 15.2. The van der Waals surface area contributed by atoms with E-state index in [2.05, 4.69) is 26.1 Å². The van der Waals surface area contributed by atoms with Crippen molar-refractivity contribution in [3.63, 3.8) is 0 Å². The maximum atomic E-state index is 6.11. The minimum Gasteiger partial charge on any atom is -0.271 e. The Labute approximate surface area is 117 Å². The van der Waals surface area contributed by atoms with E-state index in [4.69, 9.17) is 23.8 Å². The smallest absolute Gasteiger partial charge is 0.199 e. The summed E-state index contributed by atoms with van der Waals surface area (Å²) in [6, 6.07) is 5.73. The molecule has 6 heteroatoms. The highest BCUT2D eigenvalue weighted by molar-refractivity contribution is 9.10. The van der Waals surface area contributed by atoms with Crippen LogP contribution in [0.25, 0.3) is 5.69 Å². The van der Waals surface area contributed by atoms with Gasteiger partial charge in [0.1, 0.15) is 5.82 Å². The molecular formula is C11H9BrClN3S. The number of hydrogen-bond acceptors (Lipinski definition) is 2. The summed E-state index contributed by atoms with van der Waals surface area (Å²) in [4.78, 5) is 0. The van der Waals surface area contributed by atoms with Crippen molar-refractivity contribution in [2.45, 2.75) is 18.8 Å². The SMILES string of the molecule is S=c1[nH]nc(C2CC2)n1-c1cccc(Cl)c1Br. The summed E-state index contributed by atoms with van der Waals surface area (Å²) in [5, 5.41) is 7.84. The van der Waals surface area contributed by atoms with E-state index in [-0.39, 0.29) is 0 Å². The van der Waals surface area contributed by atoms with E-state index in [1.165, 1.54) is 12.8 Å². The lowest BCUT2D eigenvalue weighted by Crippen LogP contribution is -2.01. The molecule has 0 spiro atoms. The van der Waals surface area contributed by atoms with Crippen molar-refractivity contribution in [3.05, 3.63) is 38.3 Å². The molecule has 1 fully saturated rings. The number of hydrogen-bond donors (Lipinski definition) is 1. The Bertz CT molecular complexity index is 630. The summed E-state index contributed by atoms with van der Waals surface area (Å²) in [6.07, 6.45) is 2.36. The lowest BCUT2D eigenvalue weighted by atomic mass is 10.3. The van der Waals surface area contributed by atoms with Crippen molar-refractivity contribution in [3.8, 4) is 5.69 Å². The fourth-order valence-corrected chi connectivity index (χ4v) is 2.67. The Hall–Kier alpha value is -0.650. The highest BCUT2D eigenvalue weighted by Crippen LogP contribution is 2.41. The second-order valence-electron chi connectivity index (χ2n) is 4.07. The Kier molecular flexibility index (Phi) is 2.84. The summed E-state index contributed by atoms with van der Waals surface area (Å²) in [7, 11) is 0. The first kappa shape index (κ1) is 11.4. The summed E-state index contributed by atoms with van der Waals surface area (Å²) >= 11 is 14.9. The second kappa shape index (κ2) is 4.23. The standard InChI is InChI=1S/C11H9BrClN3S/c12-9-7(13)2-1-3-8(9)16-10(6-4-5-6)14-15-11(16)17/h1-3,6H,4-5H2,(H,15,17). The monoisotopic (exact) mass is 329 g/mol. The average molecular weight is 331 g/mol. The number of benzene rings is 1. The molecule has 0 amide bonds. The van der Waals surface area contributed by atoms with Crippen LogP contribution < -0.4 is 0 Å². The van der Waals surface area contributed by atoms with Crippen LogP contribution in [-0.4, -0.2) is 14.8 Å². The molecule has 0 bridgehead atoms. The molecule has 17 heavy (non-hydrogen) atoms. The van der Waals surface area contributed by atoms with Gasteiger partial charge in [0.2, 0.25) is 0 Å². The average Bonchev–Trinajstić information content (AvgIpc) is 3.08.